The van der Waals surface area contributed by atoms with Crippen LogP contribution in [-0.4, -0.2) is 18.0 Å². The maximum absolute atomic E-state index is 12.4. The Morgan fingerprint density at radius 1 is 1.24 bits per heavy atom. The molecule has 0 radical (unpaired) electrons. The lowest BCUT2D eigenvalue weighted by Crippen LogP contribution is -2.23. The molecule has 0 atom stereocenters. The van der Waals surface area contributed by atoms with Gasteiger partial charge in [-0.15, -0.1) is 11.3 Å². The standard InChI is InChI=1S/C19H17BrN2O2S/c1-12-22-18(11-25-12)14-5-3-13(4-6-14)10-21-19(23)16-9-15(24-2)7-8-17(16)20/h3-9,11H,10H2,1-2H3,(H,21,23). The van der Waals surface area contributed by atoms with Gasteiger partial charge in [0.1, 0.15) is 5.75 Å². The van der Waals surface area contributed by atoms with Gasteiger partial charge in [0.2, 0.25) is 0 Å². The number of thiazole rings is 1. The average Bonchev–Trinajstić information content (AvgIpc) is 3.07. The third kappa shape index (κ3) is 4.27. The highest BCUT2D eigenvalue weighted by Gasteiger charge is 2.11. The van der Waals surface area contributed by atoms with Crippen molar-refractivity contribution in [1.29, 1.82) is 0 Å². The molecule has 0 aliphatic rings. The Kier molecular flexibility index (Phi) is 5.50. The van der Waals surface area contributed by atoms with Gasteiger partial charge in [0.25, 0.3) is 5.91 Å². The third-order valence-corrected chi connectivity index (χ3v) is 5.20. The third-order valence-electron chi connectivity index (χ3n) is 3.74. The number of benzene rings is 2. The molecule has 1 amide bonds. The van der Waals surface area contributed by atoms with Gasteiger partial charge in [0.05, 0.1) is 23.4 Å². The van der Waals surface area contributed by atoms with Gasteiger partial charge in [-0.3, -0.25) is 4.79 Å². The minimum absolute atomic E-state index is 0.148. The molecule has 1 N–H and O–H groups in total. The molecule has 1 aromatic heterocycles. The van der Waals surface area contributed by atoms with E-state index in [2.05, 4.69) is 26.2 Å². The van der Waals surface area contributed by atoms with Crippen molar-refractivity contribution < 1.29 is 9.53 Å². The zero-order valence-corrected chi connectivity index (χ0v) is 16.3. The lowest BCUT2D eigenvalue weighted by atomic mass is 10.1. The van der Waals surface area contributed by atoms with Gasteiger partial charge in [-0.05, 0) is 46.6 Å². The predicted octanol–water partition coefficient (Wildman–Crippen LogP) is 4.82. The Balaban J connectivity index is 1.66. The summed E-state index contributed by atoms with van der Waals surface area (Å²) < 4.78 is 5.91. The van der Waals surface area contributed by atoms with Crippen LogP contribution in [0.25, 0.3) is 11.3 Å². The molecule has 3 rings (SSSR count). The zero-order valence-electron chi connectivity index (χ0n) is 13.9. The number of ether oxygens (including phenoxy) is 1. The Morgan fingerprint density at radius 2 is 2.00 bits per heavy atom. The van der Waals surface area contributed by atoms with Gasteiger partial charge < -0.3 is 10.1 Å². The number of nitrogens with one attached hydrogen (secondary N) is 1. The van der Waals surface area contributed by atoms with Crippen molar-refractivity contribution in [3.05, 3.63) is 68.5 Å². The van der Waals surface area contributed by atoms with Crippen LogP contribution in [0.5, 0.6) is 5.75 Å². The first-order valence-electron chi connectivity index (χ1n) is 7.70. The van der Waals surface area contributed by atoms with Crippen LogP contribution in [0.1, 0.15) is 20.9 Å². The van der Waals surface area contributed by atoms with Gasteiger partial charge in [-0.2, -0.15) is 0 Å². The largest absolute Gasteiger partial charge is 0.497 e. The second-order valence-electron chi connectivity index (χ2n) is 5.48. The van der Waals surface area contributed by atoms with Crippen molar-refractivity contribution in [2.24, 2.45) is 0 Å². The van der Waals surface area contributed by atoms with E-state index in [9.17, 15) is 4.79 Å². The van der Waals surface area contributed by atoms with Gasteiger partial charge in [-0.25, -0.2) is 4.98 Å². The van der Waals surface area contributed by atoms with Gasteiger partial charge >= 0.3 is 0 Å². The van der Waals surface area contributed by atoms with E-state index in [4.69, 9.17) is 4.74 Å². The lowest BCUT2D eigenvalue weighted by molar-refractivity contribution is 0.0950. The smallest absolute Gasteiger partial charge is 0.252 e. The molecule has 128 valence electrons. The maximum atomic E-state index is 12.4. The fourth-order valence-electron chi connectivity index (χ4n) is 2.37. The Morgan fingerprint density at radius 3 is 2.64 bits per heavy atom. The fraction of sp³-hybridized carbons (Fsp3) is 0.158. The summed E-state index contributed by atoms with van der Waals surface area (Å²) in [6, 6.07) is 13.4. The maximum Gasteiger partial charge on any atom is 0.252 e. The predicted molar refractivity (Wildman–Crippen MR) is 104 cm³/mol. The highest BCUT2D eigenvalue weighted by atomic mass is 79.9. The molecule has 3 aromatic rings. The number of carbonyl (C=O) groups excluding carboxylic acids is 1. The number of halogens is 1. The quantitative estimate of drug-likeness (QED) is 0.648. The van der Waals surface area contributed by atoms with Crippen LogP contribution in [0.2, 0.25) is 0 Å². The molecule has 0 saturated carbocycles. The molecular weight excluding hydrogens is 400 g/mol. The molecule has 0 bridgehead atoms. The van der Waals surface area contributed by atoms with Crippen LogP contribution in [0.3, 0.4) is 0 Å². The summed E-state index contributed by atoms with van der Waals surface area (Å²) in [6.07, 6.45) is 0. The SMILES string of the molecule is COc1ccc(Br)c(C(=O)NCc2ccc(-c3csc(C)n3)cc2)c1. The van der Waals surface area contributed by atoms with Crippen LogP contribution in [0.4, 0.5) is 0 Å². The fourth-order valence-corrected chi connectivity index (χ4v) is 3.42. The van der Waals surface area contributed by atoms with E-state index in [1.165, 1.54) is 0 Å². The summed E-state index contributed by atoms with van der Waals surface area (Å²) >= 11 is 5.04. The summed E-state index contributed by atoms with van der Waals surface area (Å²) in [4.78, 5) is 16.9. The van der Waals surface area contributed by atoms with Crippen molar-refractivity contribution in [1.82, 2.24) is 10.3 Å². The Hall–Kier alpha value is -2.18. The van der Waals surface area contributed by atoms with E-state index in [1.807, 2.05) is 36.6 Å². The van der Waals surface area contributed by atoms with Gasteiger partial charge in [-0.1, -0.05) is 24.3 Å². The summed E-state index contributed by atoms with van der Waals surface area (Å²) in [7, 11) is 1.58. The van der Waals surface area contributed by atoms with E-state index < -0.39 is 0 Å². The normalized spacial score (nSPS) is 10.5. The zero-order chi connectivity index (χ0) is 17.8. The van der Waals surface area contributed by atoms with E-state index >= 15 is 0 Å². The van der Waals surface area contributed by atoms with Crippen LogP contribution in [-0.2, 0) is 6.54 Å². The summed E-state index contributed by atoms with van der Waals surface area (Å²) in [5.74, 6) is 0.501. The minimum Gasteiger partial charge on any atom is -0.497 e. The molecule has 0 unspecified atom stereocenters. The molecule has 0 aliphatic carbocycles. The molecule has 6 heteroatoms. The first-order chi connectivity index (χ1) is 12.1. The van der Waals surface area contributed by atoms with Crippen LogP contribution >= 0.6 is 27.3 Å². The second-order valence-corrected chi connectivity index (χ2v) is 7.39. The number of amides is 1. The second kappa shape index (κ2) is 7.80. The number of methoxy groups -OCH3 is 1. The van der Waals surface area contributed by atoms with E-state index in [1.54, 1.807) is 36.6 Å². The lowest BCUT2D eigenvalue weighted by Gasteiger charge is -2.09. The van der Waals surface area contributed by atoms with Gasteiger partial charge in [0, 0.05) is 22.0 Å². The number of aryl methyl sites for hydroxylation is 1. The molecular formula is C19H17BrN2O2S. The molecule has 25 heavy (non-hydrogen) atoms. The van der Waals surface area contributed by atoms with Gasteiger partial charge in [0.15, 0.2) is 0 Å². The molecule has 0 saturated heterocycles. The highest BCUT2D eigenvalue weighted by Crippen LogP contribution is 2.23. The highest BCUT2D eigenvalue weighted by molar-refractivity contribution is 9.10. The number of hydrogen-bond donors (Lipinski definition) is 1. The number of nitrogens with zero attached hydrogens (tertiary/aromatic N) is 1. The molecule has 1 heterocycles. The van der Waals surface area contributed by atoms with Crippen LogP contribution in [0, 0.1) is 6.92 Å². The summed E-state index contributed by atoms with van der Waals surface area (Å²) in [5.41, 5.74) is 3.64. The topological polar surface area (TPSA) is 51.2 Å². The average molecular weight is 417 g/mol. The molecule has 0 aliphatic heterocycles. The van der Waals surface area contributed by atoms with E-state index in [0.717, 1.165) is 26.3 Å². The number of aromatic nitrogens is 1. The Labute approximate surface area is 159 Å². The van der Waals surface area contributed by atoms with Crippen LogP contribution < -0.4 is 10.1 Å². The first kappa shape index (κ1) is 17.6. The summed E-state index contributed by atoms with van der Waals surface area (Å²) in [6.45, 7) is 2.45. The molecule has 2 aromatic carbocycles. The number of rotatable bonds is 5. The van der Waals surface area contributed by atoms with E-state index in [0.29, 0.717) is 17.9 Å². The molecule has 0 spiro atoms. The van der Waals surface area contributed by atoms with Crippen molar-refractivity contribution in [2.45, 2.75) is 13.5 Å². The summed E-state index contributed by atoms with van der Waals surface area (Å²) in [5, 5.41) is 6.03. The number of carbonyl (C=O) groups is 1. The number of hydrogen-bond acceptors (Lipinski definition) is 4. The molecule has 4 nitrogen and oxygen atoms in total. The van der Waals surface area contributed by atoms with Crippen molar-refractivity contribution in [2.75, 3.05) is 7.11 Å². The minimum atomic E-state index is -0.148. The van der Waals surface area contributed by atoms with Crippen molar-refractivity contribution in [3.63, 3.8) is 0 Å². The van der Waals surface area contributed by atoms with Crippen LogP contribution in [0.15, 0.2) is 52.3 Å². The van der Waals surface area contributed by atoms with Crippen molar-refractivity contribution in [3.8, 4) is 17.0 Å². The molecule has 0 fully saturated rings. The van der Waals surface area contributed by atoms with E-state index in [-0.39, 0.29) is 5.91 Å². The monoisotopic (exact) mass is 416 g/mol. The Bertz CT molecular complexity index is 891. The van der Waals surface area contributed by atoms with Crippen molar-refractivity contribution >= 4 is 33.2 Å². The first-order valence-corrected chi connectivity index (χ1v) is 9.37.